The Bertz CT molecular complexity index is 430. The summed E-state index contributed by atoms with van der Waals surface area (Å²) in [6.45, 7) is 18.5. The molecule has 0 aliphatic rings. The van der Waals surface area contributed by atoms with Crippen LogP contribution in [0.1, 0.15) is 74.7 Å². The van der Waals surface area contributed by atoms with Crippen molar-refractivity contribution in [3.63, 3.8) is 0 Å². The third-order valence-electron chi connectivity index (χ3n) is 4.96. The first-order chi connectivity index (χ1) is 11.2. The average molecular weight is 351 g/mol. The Morgan fingerprint density at radius 2 is 1.58 bits per heavy atom. The van der Waals surface area contributed by atoms with E-state index < -0.39 is 8.07 Å². The van der Waals surface area contributed by atoms with E-state index in [1.807, 2.05) is 13.0 Å². The maximum Gasteiger partial charge on any atom is 0.330 e. The van der Waals surface area contributed by atoms with Gasteiger partial charge in [0, 0.05) is 12.0 Å². The third kappa shape index (κ3) is 6.85. The second kappa shape index (κ2) is 11.5. The van der Waals surface area contributed by atoms with Crippen LogP contribution in [0.15, 0.2) is 12.2 Å². The lowest BCUT2D eigenvalue weighted by molar-refractivity contribution is -0.137. The van der Waals surface area contributed by atoms with E-state index in [-0.39, 0.29) is 5.97 Å². The second-order valence-corrected chi connectivity index (χ2v) is 13.1. The molecule has 0 aromatic carbocycles. The maximum absolute atomic E-state index is 11.4. The molecule has 0 saturated heterocycles. The first-order valence-corrected chi connectivity index (χ1v) is 11.8. The molecule has 0 rings (SSSR count). The predicted octanol–water partition coefficient (Wildman–Crippen LogP) is 6.13. The quantitative estimate of drug-likeness (QED) is 0.216. The molecule has 0 unspecified atom stereocenters. The summed E-state index contributed by atoms with van der Waals surface area (Å²) in [7, 11) is -1.67. The minimum atomic E-state index is -1.67. The SMILES string of the molecule is CCC[C@H](C#C[Si](C(C)C)(C(C)C)C(C)C)C/C=C/C(=O)OCC. The molecule has 0 amide bonds. The molecule has 24 heavy (non-hydrogen) atoms. The molecule has 0 heterocycles. The summed E-state index contributed by atoms with van der Waals surface area (Å²) in [5.74, 6) is 3.70. The number of hydrogen-bond acceptors (Lipinski definition) is 2. The first-order valence-electron chi connectivity index (χ1n) is 9.58. The lowest BCUT2D eigenvalue weighted by Gasteiger charge is -2.38. The molecule has 0 saturated carbocycles. The standard InChI is InChI=1S/C21H38O2Si/c1-9-12-20(13-11-14-21(22)23-10-2)15-16-24(17(3)4,18(5)6)19(7)8/h11,14,17-20H,9-10,12-13H2,1-8H3/b14-11+/t20-/m0/s1. The molecule has 0 aliphatic heterocycles. The van der Waals surface area contributed by atoms with Gasteiger partial charge in [-0.25, -0.2) is 4.79 Å². The van der Waals surface area contributed by atoms with Crippen LogP contribution in [-0.2, 0) is 9.53 Å². The van der Waals surface area contributed by atoms with Gasteiger partial charge < -0.3 is 4.74 Å². The number of carbonyl (C=O) groups excluding carboxylic acids is 1. The summed E-state index contributed by atoms with van der Waals surface area (Å²) >= 11 is 0. The van der Waals surface area contributed by atoms with Crippen LogP contribution in [0, 0.1) is 17.4 Å². The molecule has 0 fully saturated rings. The number of rotatable bonds is 9. The number of hydrogen-bond donors (Lipinski definition) is 0. The zero-order chi connectivity index (χ0) is 18.8. The summed E-state index contributed by atoms with van der Waals surface area (Å²) in [6, 6.07) is 0. The molecule has 0 spiro atoms. The van der Waals surface area contributed by atoms with Gasteiger partial charge in [-0.3, -0.25) is 0 Å². The molecule has 0 aromatic heterocycles. The lowest BCUT2D eigenvalue weighted by atomic mass is 10.0. The predicted molar refractivity (Wildman–Crippen MR) is 108 cm³/mol. The van der Waals surface area contributed by atoms with Gasteiger partial charge in [0.25, 0.3) is 0 Å². The Labute approximate surface area is 151 Å². The van der Waals surface area contributed by atoms with Crippen molar-refractivity contribution in [1.82, 2.24) is 0 Å². The van der Waals surface area contributed by atoms with Crippen LogP contribution in [-0.4, -0.2) is 20.7 Å². The fraction of sp³-hybridized carbons (Fsp3) is 0.762. The topological polar surface area (TPSA) is 26.3 Å². The van der Waals surface area contributed by atoms with Crippen molar-refractivity contribution < 1.29 is 9.53 Å². The van der Waals surface area contributed by atoms with E-state index in [4.69, 9.17) is 4.74 Å². The van der Waals surface area contributed by atoms with Crippen molar-refractivity contribution in [2.75, 3.05) is 6.61 Å². The van der Waals surface area contributed by atoms with Crippen LogP contribution >= 0.6 is 0 Å². The number of esters is 1. The molecule has 0 N–H and O–H groups in total. The third-order valence-corrected chi connectivity index (χ3v) is 11.3. The van der Waals surface area contributed by atoms with Crippen LogP contribution in [0.25, 0.3) is 0 Å². The van der Waals surface area contributed by atoms with Crippen LogP contribution in [0.2, 0.25) is 16.6 Å². The van der Waals surface area contributed by atoms with Crippen molar-refractivity contribution in [3.8, 4) is 11.5 Å². The molecule has 2 nitrogen and oxygen atoms in total. The zero-order valence-electron chi connectivity index (χ0n) is 17.1. The second-order valence-electron chi connectivity index (χ2n) is 7.54. The van der Waals surface area contributed by atoms with E-state index >= 15 is 0 Å². The highest BCUT2D eigenvalue weighted by Crippen LogP contribution is 2.40. The molecule has 138 valence electrons. The van der Waals surface area contributed by atoms with Gasteiger partial charge in [0.2, 0.25) is 0 Å². The monoisotopic (exact) mass is 350 g/mol. The summed E-state index contributed by atoms with van der Waals surface area (Å²) in [6.07, 6.45) is 6.51. The maximum atomic E-state index is 11.4. The highest BCUT2D eigenvalue weighted by molar-refractivity contribution is 6.90. The highest BCUT2D eigenvalue weighted by atomic mass is 28.3. The lowest BCUT2D eigenvalue weighted by Crippen LogP contribution is -2.43. The fourth-order valence-electron chi connectivity index (χ4n) is 3.78. The minimum Gasteiger partial charge on any atom is -0.463 e. The highest BCUT2D eigenvalue weighted by Gasteiger charge is 2.41. The normalized spacial score (nSPS) is 13.5. The van der Waals surface area contributed by atoms with Gasteiger partial charge in [-0.05, 0) is 36.4 Å². The Kier molecular flexibility index (Phi) is 11.0. The molecule has 3 heteroatoms. The van der Waals surface area contributed by atoms with Gasteiger partial charge in [-0.15, -0.1) is 11.5 Å². The van der Waals surface area contributed by atoms with Crippen LogP contribution in [0.4, 0.5) is 0 Å². The van der Waals surface area contributed by atoms with Crippen molar-refractivity contribution in [3.05, 3.63) is 12.2 Å². The van der Waals surface area contributed by atoms with Crippen LogP contribution in [0.5, 0.6) is 0 Å². The summed E-state index contributed by atoms with van der Waals surface area (Å²) in [5.41, 5.74) is 5.78. The van der Waals surface area contributed by atoms with Crippen LogP contribution in [0.3, 0.4) is 0 Å². The van der Waals surface area contributed by atoms with E-state index in [2.05, 4.69) is 59.9 Å². The van der Waals surface area contributed by atoms with Crippen molar-refractivity contribution >= 4 is 14.0 Å². The van der Waals surface area contributed by atoms with Crippen molar-refractivity contribution in [2.45, 2.75) is 91.3 Å². The minimum absolute atomic E-state index is 0.254. The molecule has 0 aromatic rings. The molecular weight excluding hydrogens is 312 g/mol. The molecule has 0 radical (unpaired) electrons. The largest absolute Gasteiger partial charge is 0.463 e. The fourth-order valence-corrected chi connectivity index (χ4v) is 9.10. The Balaban J connectivity index is 5.29. The van der Waals surface area contributed by atoms with Gasteiger partial charge in [-0.1, -0.05) is 61.0 Å². The Morgan fingerprint density at radius 1 is 1.04 bits per heavy atom. The average Bonchev–Trinajstić information content (AvgIpc) is 2.46. The first kappa shape index (κ1) is 23.0. The Morgan fingerprint density at radius 3 is 2.00 bits per heavy atom. The number of carbonyl (C=O) groups is 1. The van der Waals surface area contributed by atoms with Gasteiger partial charge in [0.1, 0.15) is 8.07 Å². The van der Waals surface area contributed by atoms with E-state index in [1.54, 1.807) is 6.08 Å². The summed E-state index contributed by atoms with van der Waals surface area (Å²) < 4.78 is 4.94. The van der Waals surface area contributed by atoms with Gasteiger partial charge in [-0.2, -0.15) is 0 Å². The van der Waals surface area contributed by atoms with Gasteiger partial charge in [0.15, 0.2) is 0 Å². The van der Waals surface area contributed by atoms with Crippen molar-refractivity contribution in [2.24, 2.45) is 5.92 Å². The Hall–Kier alpha value is -1.01. The zero-order valence-corrected chi connectivity index (χ0v) is 18.1. The van der Waals surface area contributed by atoms with E-state index in [0.29, 0.717) is 29.1 Å². The number of ether oxygens (including phenoxy) is 1. The van der Waals surface area contributed by atoms with E-state index in [1.165, 1.54) is 0 Å². The molecule has 0 bridgehead atoms. The van der Waals surface area contributed by atoms with E-state index in [9.17, 15) is 4.79 Å². The van der Waals surface area contributed by atoms with Gasteiger partial charge in [0.05, 0.1) is 6.61 Å². The van der Waals surface area contributed by atoms with Crippen molar-refractivity contribution in [1.29, 1.82) is 0 Å². The molecular formula is C21H38O2Si. The summed E-state index contributed by atoms with van der Waals surface area (Å²) in [5, 5.41) is 0. The molecule has 1 atom stereocenters. The van der Waals surface area contributed by atoms with Crippen LogP contribution < -0.4 is 0 Å². The summed E-state index contributed by atoms with van der Waals surface area (Å²) in [4.78, 5) is 11.4. The smallest absolute Gasteiger partial charge is 0.330 e. The number of allylic oxidation sites excluding steroid dienone is 1. The van der Waals surface area contributed by atoms with E-state index in [0.717, 1.165) is 19.3 Å². The van der Waals surface area contributed by atoms with Gasteiger partial charge >= 0.3 is 5.97 Å². The molecule has 0 aliphatic carbocycles.